The van der Waals surface area contributed by atoms with Crippen molar-refractivity contribution in [2.45, 2.75) is 131 Å². The van der Waals surface area contributed by atoms with Gasteiger partial charge in [-0.05, 0) is 120 Å². The number of ether oxygens (including phenoxy) is 1. The Balaban J connectivity index is 1.92. The van der Waals surface area contributed by atoms with Gasteiger partial charge in [0.2, 0.25) is 0 Å². The third kappa shape index (κ3) is 13.1. The van der Waals surface area contributed by atoms with Crippen molar-refractivity contribution in [2.75, 3.05) is 0 Å². The van der Waals surface area contributed by atoms with E-state index >= 15 is 0 Å². The lowest BCUT2D eigenvalue weighted by Gasteiger charge is -2.33. The van der Waals surface area contributed by atoms with Crippen LogP contribution in [0.5, 0.6) is 0 Å². The fourth-order valence-electron chi connectivity index (χ4n) is 7.41. The summed E-state index contributed by atoms with van der Waals surface area (Å²) in [7, 11) is -3.94. The Morgan fingerprint density at radius 1 is 0.679 bits per heavy atom. The van der Waals surface area contributed by atoms with Gasteiger partial charge < -0.3 is 4.74 Å². The molecule has 0 radical (unpaired) electrons. The molecule has 1 aromatic rings. The normalized spacial score (nSPS) is 20.7. The van der Waals surface area contributed by atoms with E-state index in [1.807, 2.05) is 50.3 Å². The third-order valence-corrected chi connectivity index (χ3v) is 12.5. The quantitative estimate of drug-likeness (QED) is 0.141. The van der Waals surface area contributed by atoms with Crippen molar-refractivity contribution >= 4 is 15.8 Å². The van der Waals surface area contributed by atoms with Gasteiger partial charge in [-0.25, -0.2) is 8.42 Å². The first kappa shape index (κ1) is 43.4. The first-order valence-electron chi connectivity index (χ1n) is 19.1. The van der Waals surface area contributed by atoms with Crippen molar-refractivity contribution in [2.24, 2.45) is 10.8 Å². The summed E-state index contributed by atoms with van der Waals surface area (Å²) in [6.45, 7) is 22.9. The second-order valence-electron chi connectivity index (χ2n) is 16.3. The number of esters is 1. The van der Waals surface area contributed by atoms with Gasteiger partial charge in [-0.2, -0.15) is 0 Å². The average Bonchev–Trinajstić information content (AvgIpc) is 3.06. The number of sulfone groups is 1. The van der Waals surface area contributed by atoms with E-state index in [1.165, 1.54) is 54.9 Å². The maximum Gasteiger partial charge on any atom is 0.303 e. The molecule has 0 fully saturated rings. The first-order chi connectivity index (χ1) is 24.8. The van der Waals surface area contributed by atoms with Crippen LogP contribution in [0.2, 0.25) is 0 Å². The summed E-state index contributed by atoms with van der Waals surface area (Å²) < 4.78 is 34.1. The molecule has 2 aliphatic rings. The molecule has 0 N–H and O–H groups in total. The molecule has 4 nitrogen and oxygen atoms in total. The van der Waals surface area contributed by atoms with E-state index in [0.29, 0.717) is 0 Å². The van der Waals surface area contributed by atoms with Crippen LogP contribution < -0.4 is 0 Å². The van der Waals surface area contributed by atoms with Crippen LogP contribution >= 0.6 is 0 Å². The van der Waals surface area contributed by atoms with E-state index in [0.717, 1.165) is 35.1 Å². The topological polar surface area (TPSA) is 60.4 Å². The van der Waals surface area contributed by atoms with Gasteiger partial charge in [0.25, 0.3) is 0 Å². The lowest BCUT2D eigenvalue weighted by atomic mass is 9.72. The Hall–Kier alpha value is -3.96. The Morgan fingerprint density at radius 2 is 1.13 bits per heavy atom. The molecule has 53 heavy (non-hydrogen) atoms. The summed E-state index contributed by atoms with van der Waals surface area (Å²) in [6.07, 6.45) is 30.1. The summed E-state index contributed by atoms with van der Waals surface area (Å²) in [5.74, 6) is -0.550. The number of hydrogen-bond acceptors (Lipinski definition) is 4. The molecule has 286 valence electrons. The van der Waals surface area contributed by atoms with Crippen LogP contribution in [-0.2, 0) is 19.4 Å². The van der Waals surface area contributed by atoms with Crippen molar-refractivity contribution in [1.82, 2.24) is 0 Å². The van der Waals surface area contributed by atoms with E-state index in [1.54, 1.807) is 42.5 Å². The van der Waals surface area contributed by atoms with Crippen LogP contribution in [0.25, 0.3) is 0 Å². The fraction of sp³-hybridized carbons (Fsp3) is 0.438. The van der Waals surface area contributed by atoms with E-state index in [9.17, 15) is 13.2 Å². The predicted molar refractivity (Wildman–Crippen MR) is 225 cm³/mol. The molecular weight excluding hydrogens is 673 g/mol. The molecule has 2 aliphatic carbocycles. The highest BCUT2D eigenvalue weighted by Crippen LogP contribution is 2.42. The lowest BCUT2D eigenvalue weighted by Crippen LogP contribution is -2.35. The maximum atomic E-state index is 14.2. The van der Waals surface area contributed by atoms with E-state index in [2.05, 4.69) is 79.7 Å². The molecule has 0 bridgehead atoms. The van der Waals surface area contributed by atoms with Crippen molar-refractivity contribution < 1.29 is 17.9 Å². The molecule has 2 unspecified atom stereocenters. The fourth-order valence-corrected chi connectivity index (χ4v) is 9.14. The lowest BCUT2D eigenvalue weighted by molar-refractivity contribution is -0.143. The van der Waals surface area contributed by atoms with Gasteiger partial charge in [0.15, 0.2) is 9.84 Å². The molecule has 3 rings (SSSR count). The minimum Gasteiger partial charge on any atom is -0.457 e. The zero-order chi connectivity index (χ0) is 39.4. The molecule has 0 amide bonds. The van der Waals surface area contributed by atoms with Crippen molar-refractivity contribution in [3.8, 4) is 0 Å². The summed E-state index contributed by atoms with van der Waals surface area (Å²) in [5, 5.41) is -1.15. The highest BCUT2D eigenvalue weighted by molar-refractivity contribution is 7.92. The summed E-state index contributed by atoms with van der Waals surface area (Å²) in [6, 6.07) is 8.35. The van der Waals surface area contributed by atoms with Crippen LogP contribution in [0.3, 0.4) is 0 Å². The number of benzene rings is 1. The molecule has 0 aliphatic heterocycles. The van der Waals surface area contributed by atoms with Gasteiger partial charge >= 0.3 is 5.97 Å². The molecule has 2 atom stereocenters. The predicted octanol–water partition coefficient (Wildman–Crippen LogP) is 12.8. The number of hydrogen-bond donors (Lipinski definition) is 0. The van der Waals surface area contributed by atoms with Crippen LogP contribution in [0.1, 0.15) is 115 Å². The second kappa shape index (κ2) is 19.4. The Labute approximate surface area is 322 Å². The summed E-state index contributed by atoms with van der Waals surface area (Å²) >= 11 is 0. The highest BCUT2D eigenvalue weighted by atomic mass is 32.2. The Bertz CT molecular complexity index is 1880. The van der Waals surface area contributed by atoms with E-state index in [4.69, 9.17) is 4.74 Å². The molecule has 0 saturated heterocycles. The van der Waals surface area contributed by atoms with E-state index in [-0.39, 0.29) is 15.7 Å². The molecule has 0 aromatic heterocycles. The van der Waals surface area contributed by atoms with Crippen molar-refractivity contribution in [1.29, 1.82) is 0 Å². The van der Waals surface area contributed by atoms with Gasteiger partial charge in [-0.15, -0.1) is 0 Å². The maximum absolute atomic E-state index is 14.2. The van der Waals surface area contributed by atoms with Gasteiger partial charge in [0, 0.05) is 6.92 Å². The smallest absolute Gasteiger partial charge is 0.303 e. The average molecular weight is 737 g/mol. The van der Waals surface area contributed by atoms with Gasteiger partial charge in [0.1, 0.15) is 11.4 Å². The van der Waals surface area contributed by atoms with Gasteiger partial charge in [-0.3, -0.25) is 4.79 Å². The second-order valence-corrected chi connectivity index (χ2v) is 18.4. The van der Waals surface area contributed by atoms with Crippen LogP contribution in [0.4, 0.5) is 0 Å². The van der Waals surface area contributed by atoms with Gasteiger partial charge in [0.05, 0.1) is 4.90 Å². The SMILES string of the molecule is CC(=O)OC(/C=C(C)/C=C/C=C(C)/C=C/C1=C(C)CCCC1(C)C)C(/C=C(C)/C=C/C=C(C)/C=C/C1=C(C)CCCC1(C)C)S(=O)(=O)c1ccccc1. The monoisotopic (exact) mass is 736 g/mol. The zero-order valence-corrected chi connectivity index (χ0v) is 35.1. The molecule has 0 heterocycles. The first-order valence-corrected chi connectivity index (χ1v) is 20.7. The van der Waals surface area contributed by atoms with E-state index < -0.39 is 27.2 Å². The molecular formula is C48H64O4S. The van der Waals surface area contributed by atoms with Crippen LogP contribution in [-0.4, -0.2) is 25.7 Å². The van der Waals surface area contributed by atoms with Crippen LogP contribution in [0, 0.1) is 10.8 Å². The standard InChI is InChI=1S/C48H64O4S/c1-35(27-29-43-39(5)23-17-31-47(43,8)9)19-15-21-37(3)33-45(52-41(7)49)46(53(50,51)42-25-13-12-14-26-42)34-38(4)22-16-20-36(2)28-30-44-40(6)24-18-32-48(44,10)11/h12-16,19-22,25-30,33-34,45-46H,17-18,23-24,31-32H2,1-11H3/b21-15+,22-16+,29-27+,30-28+,35-19+,36-20+,37-33+,38-34+. The van der Waals surface area contributed by atoms with Crippen molar-refractivity contribution in [3.63, 3.8) is 0 Å². The van der Waals surface area contributed by atoms with Crippen LogP contribution in [0.15, 0.2) is 153 Å². The number of allylic oxidation sites excluding steroid dienone is 18. The summed E-state index contributed by atoms with van der Waals surface area (Å²) in [5.41, 5.74) is 9.81. The number of rotatable bonds is 14. The third-order valence-electron chi connectivity index (χ3n) is 10.5. The number of carbonyl (C=O) groups excluding carboxylic acids is 1. The Kier molecular flexibility index (Phi) is 15.9. The minimum absolute atomic E-state index is 0.171. The van der Waals surface area contributed by atoms with Crippen molar-refractivity contribution in [3.05, 3.63) is 148 Å². The molecule has 0 saturated carbocycles. The molecule has 1 aromatic carbocycles. The minimum atomic E-state index is -3.94. The highest BCUT2D eigenvalue weighted by Gasteiger charge is 2.34. The summed E-state index contributed by atoms with van der Waals surface area (Å²) in [4.78, 5) is 12.6. The Morgan fingerprint density at radius 3 is 1.57 bits per heavy atom. The van der Waals surface area contributed by atoms with Gasteiger partial charge in [-0.1, -0.05) is 146 Å². The number of carbonyl (C=O) groups is 1. The largest absolute Gasteiger partial charge is 0.457 e. The molecule has 5 heteroatoms. The molecule has 0 spiro atoms. The zero-order valence-electron chi connectivity index (χ0n) is 34.3.